The maximum atomic E-state index is 5.61. The quantitative estimate of drug-likeness (QED) is 0.865. The molecule has 2 heterocycles. The van der Waals surface area contributed by atoms with E-state index in [4.69, 9.17) is 9.47 Å². The molecule has 4 heteroatoms. The van der Waals surface area contributed by atoms with E-state index in [0.29, 0.717) is 13.2 Å². The van der Waals surface area contributed by atoms with E-state index >= 15 is 0 Å². The van der Waals surface area contributed by atoms with E-state index in [-0.39, 0.29) is 0 Å². The van der Waals surface area contributed by atoms with Gasteiger partial charge in [0.15, 0.2) is 11.5 Å². The molecule has 1 fully saturated rings. The predicted octanol–water partition coefficient (Wildman–Crippen LogP) is 1.11. The van der Waals surface area contributed by atoms with Crippen molar-refractivity contribution in [2.45, 2.75) is 6.54 Å². The smallest absolute Gasteiger partial charge is 0.161 e. The highest BCUT2D eigenvalue weighted by Crippen LogP contribution is 2.31. The highest BCUT2D eigenvalue weighted by molar-refractivity contribution is 5.43. The topological polar surface area (TPSA) is 33.7 Å². The molecule has 0 aliphatic carbocycles. The van der Waals surface area contributed by atoms with Gasteiger partial charge in [-0.2, -0.15) is 0 Å². The third kappa shape index (κ3) is 2.60. The molecule has 1 saturated heterocycles. The summed E-state index contributed by atoms with van der Waals surface area (Å²) in [6.07, 6.45) is 0. The molecular formula is C14H20N2O2. The van der Waals surface area contributed by atoms with Crippen molar-refractivity contribution < 1.29 is 9.47 Å². The molecule has 2 aliphatic heterocycles. The first-order valence-electron chi connectivity index (χ1n) is 6.59. The number of hydrogen-bond acceptors (Lipinski definition) is 4. The Labute approximate surface area is 108 Å². The molecule has 1 N–H and O–H groups in total. The van der Waals surface area contributed by atoms with Gasteiger partial charge in [-0.15, -0.1) is 0 Å². The predicted molar refractivity (Wildman–Crippen MR) is 70.1 cm³/mol. The van der Waals surface area contributed by atoms with Crippen LogP contribution in [0.4, 0.5) is 0 Å². The molecule has 3 rings (SSSR count). The van der Waals surface area contributed by atoms with E-state index < -0.39 is 0 Å². The third-order valence-electron chi connectivity index (χ3n) is 3.49. The summed E-state index contributed by atoms with van der Waals surface area (Å²) in [7, 11) is 2.18. The zero-order valence-electron chi connectivity index (χ0n) is 10.8. The summed E-state index contributed by atoms with van der Waals surface area (Å²) < 4.78 is 11.1. The van der Waals surface area contributed by atoms with Crippen LogP contribution in [0.3, 0.4) is 0 Å². The Morgan fingerprint density at radius 2 is 2.00 bits per heavy atom. The van der Waals surface area contributed by atoms with Crippen molar-refractivity contribution >= 4 is 0 Å². The van der Waals surface area contributed by atoms with Crippen LogP contribution in [0.5, 0.6) is 11.5 Å². The molecule has 0 saturated carbocycles. The number of nitrogens with zero attached hydrogens (tertiary/aromatic N) is 1. The maximum absolute atomic E-state index is 5.61. The standard InChI is InChI=1S/C14H20N2O2/c1-16(10-12-7-15-8-12)9-11-2-3-13-14(6-11)18-5-4-17-13/h2-3,6,12,15H,4-5,7-10H2,1H3. The second-order valence-corrected chi connectivity index (χ2v) is 5.20. The Bertz CT molecular complexity index is 418. The van der Waals surface area contributed by atoms with Gasteiger partial charge in [0.1, 0.15) is 13.2 Å². The Morgan fingerprint density at radius 3 is 2.72 bits per heavy atom. The molecule has 0 bridgehead atoms. The molecule has 2 aliphatic rings. The zero-order valence-corrected chi connectivity index (χ0v) is 10.8. The van der Waals surface area contributed by atoms with Crippen LogP contribution < -0.4 is 14.8 Å². The summed E-state index contributed by atoms with van der Waals surface area (Å²) in [5, 5.41) is 3.31. The minimum atomic E-state index is 0.653. The van der Waals surface area contributed by atoms with Gasteiger partial charge >= 0.3 is 0 Å². The van der Waals surface area contributed by atoms with Crippen molar-refractivity contribution in [3.05, 3.63) is 23.8 Å². The SMILES string of the molecule is CN(Cc1ccc2c(c1)OCCO2)CC1CNC1. The zero-order chi connectivity index (χ0) is 12.4. The molecular weight excluding hydrogens is 228 g/mol. The van der Waals surface area contributed by atoms with Crippen LogP contribution in [0, 0.1) is 5.92 Å². The lowest BCUT2D eigenvalue weighted by Crippen LogP contribution is -2.47. The maximum Gasteiger partial charge on any atom is 0.161 e. The lowest BCUT2D eigenvalue weighted by molar-refractivity contribution is 0.171. The van der Waals surface area contributed by atoms with Crippen molar-refractivity contribution in [3.63, 3.8) is 0 Å². The molecule has 1 aromatic rings. The number of hydrogen-bond donors (Lipinski definition) is 1. The summed E-state index contributed by atoms with van der Waals surface area (Å²) in [5.74, 6) is 2.57. The lowest BCUT2D eigenvalue weighted by Gasteiger charge is -2.31. The first-order valence-corrected chi connectivity index (χ1v) is 6.59. The van der Waals surface area contributed by atoms with Gasteiger partial charge in [-0.05, 0) is 30.7 Å². The summed E-state index contributed by atoms with van der Waals surface area (Å²) in [4.78, 5) is 2.37. The van der Waals surface area contributed by atoms with Crippen LogP contribution in [0.2, 0.25) is 0 Å². The molecule has 4 nitrogen and oxygen atoms in total. The average Bonchev–Trinajstić information content (AvgIpc) is 2.34. The molecule has 0 aromatic heterocycles. The fraction of sp³-hybridized carbons (Fsp3) is 0.571. The fourth-order valence-corrected chi connectivity index (χ4v) is 2.48. The number of benzene rings is 1. The average molecular weight is 248 g/mol. The summed E-state index contributed by atoms with van der Waals surface area (Å²) in [6.45, 7) is 5.74. The van der Waals surface area contributed by atoms with E-state index in [0.717, 1.165) is 43.6 Å². The molecule has 0 spiro atoms. The van der Waals surface area contributed by atoms with Gasteiger partial charge in [-0.25, -0.2) is 0 Å². The second-order valence-electron chi connectivity index (χ2n) is 5.20. The Balaban J connectivity index is 1.61. The molecule has 0 atom stereocenters. The first kappa shape index (κ1) is 11.8. The van der Waals surface area contributed by atoms with Crippen LogP contribution in [-0.2, 0) is 6.54 Å². The first-order chi connectivity index (χ1) is 8.81. The number of fused-ring (bicyclic) bond motifs is 1. The molecule has 18 heavy (non-hydrogen) atoms. The molecule has 0 unspecified atom stereocenters. The molecule has 0 amide bonds. The van der Waals surface area contributed by atoms with E-state index in [2.05, 4.69) is 29.4 Å². The van der Waals surface area contributed by atoms with Gasteiger partial charge in [-0.3, -0.25) is 0 Å². The number of ether oxygens (including phenoxy) is 2. The van der Waals surface area contributed by atoms with Gasteiger partial charge in [0, 0.05) is 26.2 Å². The van der Waals surface area contributed by atoms with Crippen molar-refractivity contribution in [3.8, 4) is 11.5 Å². The second kappa shape index (κ2) is 5.16. The summed E-state index contributed by atoms with van der Waals surface area (Å²) in [5.41, 5.74) is 1.29. The Hall–Kier alpha value is -1.26. The number of nitrogens with one attached hydrogen (secondary N) is 1. The van der Waals surface area contributed by atoms with E-state index in [1.165, 1.54) is 5.56 Å². The summed E-state index contributed by atoms with van der Waals surface area (Å²) in [6, 6.07) is 6.25. The van der Waals surface area contributed by atoms with Gasteiger partial charge in [0.05, 0.1) is 0 Å². The molecule has 1 aromatic carbocycles. The van der Waals surface area contributed by atoms with Crippen LogP contribution in [0.1, 0.15) is 5.56 Å². The highest BCUT2D eigenvalue weighted by atomic mass is 16.6. The van der Waals surface area contributed by atoms with E-state index in [1.807, 2.05) is 6.07 Å². The van der Waals surface area contributed by atoms with E-state index in [1.54, 1.807) is 0 Å². The minimum absolute atomic E-state index is 0.653. The lowest BCUT2D eigenvalue weighted by atomic mass is 10.0. The fourth-order valence-electron chi connectivity index (χ4n) is 2.48. The third-order valence-corrected chi connectivity index (χ3v) is 3.49. The van der Waals surface area contributed by atoms with Crippen molar-refractivity contribution in [1.29, 1.82) is 0 Å². The van der Waals surface area contributed by atoms with Crippen molar-refractivity contribution in [1.82, 2.24) is 10.2 Å². The van der Waals surface area contributed by atoms with Gasteiger partial charge in [-0.1, -0.05) is 6.07 Å². The van der Waals surface area contributed by atoms with Crippen LogP contribution >= 0.6 is 0 Å². The van der Waals surface area contributed by atoms with Gasteiger partial charge < -0.3 is 19.7 Å². The highest BCUT2D eigenvalue weighted by Gasteiger charge is 2.19. The van der Waals surface area contributed by atoms with Crippen molar-refractivity contribution in [2.24, 2.45) is 5.92 Å². The van der Waals surface area contributed by atoms with E-state index in [9.17, 15) is 0 Å². The Morgan fingerprint density at radius 1 is 1.22 bits per heavy atom. The largest absolute Gasteiger partial charge is 0.486 e. The number of rotatable bonds is 4. The van der Waals surface area contributed by atoms with Gasteiger partial charge in [0.2, 0.25) is 0 Å². The molecule has 98 valence electrons. The summed E-state index contributed by atoms with van der Waals surface area (Å²) >= 11 is 0. The van der Waals surface area contributed by atoms with Gasteiger partial charge in [0.25, 0.3) is 0 Å². The van der Waals surface area contributed by atoms with Crippen molar-refractivity contribution in [2.75, 3.05) is 39.9 Å². The Kier molecular flexibility index (Phi) is 3.39. The normalized spacial score (nSPS) is 18.8. The monoisotopic (exact) mass is 248 g/mol. The minimum Gasteiger partial charge on any atom is -0.486 e. The van der Waals surface area contributed by atoms with Crippen LogP contribution in [0.25, 0.3) is 0 Å². The van der Waals surface area contributed by atoms with Crippen LogP contribution in [-0.4, -0.2) is 44.8 Å². The molecule has 0 radical (unpaired) electrons. The van der Waals surface area contributed by atoms with Crippen LogP contribution in [0.15, 0.2) is 18.2 Å².